The molecule has 2 aliphatic rings. The molecule has 2 nitrogen and oxygen atoms in total. The van der Waals surface area contributed by atoms with Crippen LogP contribution in [0.4, 0.5) is 0 Å². The third-order valence-electron chi connectivity index (χ3n) is 3.39. The smallest absolute Gasteiger partial charge is 0.309 e. The minimum absolute atomic E-state index is 0.0269. The number of ether oxygens (including phenoxy) is 1. The highest BCUT2D eigenvalue weighted by Gasteiger charge is 2.43. The van der Waals surface area contributed by atoms with E-state index in [0.717, 1.165) is 12.3 Å². The highest BCUT2D eigenvalue weighted by molar-refractivity contribution is 5.74. The third-order valence-corrected chi connectivity index (χ3v) is 3.39. The van der Waals surface area contributed by atoms with Crippen molar-refractivity contribution in [3.8, 4) is 0 Å². The van der Waals surface area contributed by atoms with Crippen LogP contribution in [0.15, 0.2) is 0 Å². The summed E-state index contributed by atoms with van der Waals surface area (Å²) in [5.74, 6) is 1.44. The summed E-state index contributed by atoms with van der Waals surface area (Å²) in [6.45, 7) is 4.25. The largest absolute Gasteiger partial charge is 0.462 e. The summed E-state index contributed by atoms with van der Waals surface area (Å²) >= 11 is 0. The van der Waals surface area contributed by atoms with Crippen LogP contribution in [0, 0.1) is 17.8 Å². The second-order valence-corrected chi connectivity index (χ2v) is 4.35. The summed E-state index contributed by atoms with van der Waals surface area (Å²) in [5, 5.41) is 0. The lowest BCUT2D eigenvalue weighted by Gasteiger charge is -2.28. The average Bonchev–Trinajstić information content (AvgIpc) is 2.28. The molecule has 4 atom stereocenters. The Bertz CT molecular complexity index is 200. The Balaban J connectivity index is 2.09. The number of hydrogen-bond acceptors (Lipinski definition) is 2. The maximum Gasteiger partial charge on any atom is 0.309 e. The molecule has 0 N–H and O–H groups in total. The quantitative estimate of drug-likeness (QED) is 0.517. The van der Waals surface area contributed by atoms with Gasteiger partial charge in [0.1, 0.15) is 6.10 Å². The summed E-state index contributed by atoms with van der Waals surface area (Å²) < 4.78 is 5.31. The zero-order valence-corrected chi connectivity index (χ0v) is 7.75. The number of carbonyl (C=O) groups is 1. The summed E-state index contributed by atoms with van der Waals surface area (Å²) in [4.78, 5) is 11.2. The molecule has 2 fully saturated rings. The molecule has 2 rings (SSSR count). The zero-order valence-electron chi connectivity index (χ0n) is 7.75. The maximum absolute atomic E-state index is 11.2. The van der Waals surface area contributed by atoms with E-state index in [1.54, 1.807) is 0 Å². The number of rotatable bonds is 0. The molecule has 0 radical (unpaired) electrons. The van der Waals surface area contributed by atoms with E-state index in [4.69, 9.17) is 4.74 Å². The molecule has 1 unspecified atom stereocenters. The second-order valence-electron chi connectivity index (χ2n) is 4.35. The second kappa shape index (κ2) is 2.75. The molecule has 0 bridgehead atoms. The normalized spacial score (nSPS) is 47.0. The Morgan fingerprint density at radius 3 is 2.83 bits per heavy atom. The van der Waals surface area contributed by atoms with Crippen LogP contribution in [-0.2, 0) is 9.53 Å². The van der Waals surface area contributed by atoms with Crippen LogP contribution in [0.5, 0.6) is 0 Å². The van der Waals surface area contributed by atoms with E-state index in [9.17, 15) is 4.79 Å². The predicted molar refractivity (Wildman–Crippen MR) is 45.5 cm³/mol. The van der Waals surface area contributed by atoms with Crippen LogP contribution in [0.25, 0.3) is 0 Å². The fourth-order valence-electron chi connectivity index (χ4n) is 2.49. The van der Waals surface area contributed by atoms with Crippen molar-refractivity contribution < 1.29 is 9.53 Å². The molecular weight excluding hydrogens is 152 g/mol. The van der Waals surface area contributed by atoms with Crippen LogP contribution in [-0.4, -0.2) is 12.1 Å². The van der Waals surface area contributed by atoms with Crippen molar-refractivity contribution in [1.29, 1.82) is 0 Å². The third kappa shape index (κ3) is 1.13. The minimum atomic E-state index is 0.0269. The van der Waals surface area contributed by atoms with Gasteiger partial charge in [-0.15, -0.1) is 0 Å². The maximum atomic E-state index is 11.2. The highest BCUT2D eigenvalue weighted by atomic mass is 16.6. The predicted octanol–water partition coefficient (Wildman–Crippen LogP) is 1.98. The van der Waals surface area contributed by atoms with Crippen molar-refractivity contribution in [2.45, 2.75) is 39.2 Å². The molecule has 68 valence electrons. The summed E-state index contributed by atoms with van der Waals surface area (Å²) in [6, 6.07) is 0. The molecule has 12 heavy (non-hydrogen) atoms. The number of carbonyl (C=O) groups excluding carboxylic acids is 1. The van der Waals surface area contributed by atoms with Gasteiger partial charge in [0, 0.05) is 5.92 Å². The van der Waals surface area contributed by atoms with Crippen molar-refractivity contribution >= 4 is 5.97 Å². The molecule has 2 heteroatoms. The molecule has 1 aliphatic carbocycles. The van der Waals surface area contributed by atoms with Gasteiger partial charge in [-0.05, 0) is 18.8 Å². The van der Waals surface area contributed by atoms with E-state index in [1.807, 2.05) is 6.92 Å². The van der Waals surface area contributed by atoms with Crippen LogP contribution in [0.2, 0.25) is 0 Å². The first-order chi connectivity index (χ1) is 5.68. The van der Waals surface area contributed by atoms with Gasteiger partial charge < -0.3 is 4.74 Å². The van der Waals surface area contributed by atoms with E-state index in [0.29, 0.717) is 5.92 Å². The first kappa shape index (κ1) is 8.09. The van der Waals surface area contributed by atoms with Gasteiger partial charge in [0.2, 0.25) is 0 Å². The van der Waals surface area contributed by atoms with E-state index >= 15 is 0 Å². The lowest BCUT2D eigenvalue weighted by atomic mass is 9.77. The van der Waals surface area contributed by atoms with E-state index in [-0.39, 0.29) is 18.0 Å². The molecule has 0 amide bonds. The zero-order chi connectivity index (χ0) is 8.72. The van der Waals surface area contributed by atoms with Crippen LogP contribution in [0.3, 0.4) is 0 Å². The van der Waals surface area contributed by atoms with Crippen molar-refractivity contribution in [2.75, 3.05) is 0 Å². The monoisotopic (exact) mass is 168 g/mol. The fourth-order valence-corrected chi connectivity index (χ4v) is 2.49. The first-order valence-corrected chi connectivity index (χ1v) is 4.89. The summed E-state index contributed by atoms with van der Waals surface area (Å²) in [7, 11) is 0. The van der Waals surface area contributed by atoms with Crippen LogP contribution >= 0.6 is 0 Å². The SMILES string of the molecule is CC1C(=O)O[C@@H]2C[C@H](C)CC[C@@H]12. The molecular formula is C10H16O2. The Kier molecular flexibility index (Phi) is 1.85. The van der Waals surface area contributed by atoms with Gasteiger partial charge in [-0.25, -0.2) is 0 Å². The van der Waals surface area contributed by atoms with Crippen molar-refractivity contribution in [3.63, 3.8) is 0 Å². The van der Waals surface area contributed by atoms with Crippen molar-refractivity contribution in [1.82, 2.24) is 0 Å². The van der Waals surface area contributed by atoms with E-state index in [1.165, 1.54) is 12.8 Å². The Morgan fingerprint density at radius 2 is 2.08 bits per heavy atom. The molecule has 0 aromatic carbocycles. The lowest BCUT2D eigenvalue weighted by Crippen LogP contribution is -2.27. The molecule has 1 aliphatic heterocycles. The summed E-state index contributed by atoms with van der Waals surface area (Å²) in [6.07, 6.45) is 3.78. The van der Waals surface area contributed by atoms with E-state index < -0.39 is 0 Å². The van der Waals surface area contributed by atoms with Gasteiger partial charge in [0.25, 0.3) is 0 Å². The number of esters is 1. The molecule has 1 saturated carbocycles. The minimum Gasteiger partial charge on any atom is -0.462 e. The average molecular weight is 168 g/mol. The number of fused-ring (bicyclic) bond motifs is 1. The van der Waals surface area contributed by atoms with Crippen LogP contribution < -0.4 is 0 Å². The lowest BCUT2D eigenvalue weighted by molar-refractivity contribution is -0.144. The fraction of sp³-hybridized carbons (Fsp3) is 0.900. The van der Waals surface area contributed by atoms with E-state index in [2.05, 4.69) is 6.92 Å². The Labute approximate surface area is 73.3 Å². The van der Waals surface area contributed by atoms with Gasteiger partial charge >= 0.3 is 5.97 Å². The Hall–Kier alpha value is -0.530. The first-order valence-electron chi connectivity index (χ1n) is 4.89. The van der Waals surface area contributed by atoms with Gasteiger partial charge in [-0.1, -0.05) is 20.3 Å². The highest BCUT2D eigenvalue weighted by Crippen LogP contribution is 2.40. The molecule has 0 aromatic heterocycles. The molecule has 0 spiro atoms. The molecule has 1 saturated heterocycles. The summed E-state index contributed by atoms with van der Waals surface area (Å²) in [5.41, 5.74) is 0. The molecule has 0 aromatic rings. The van der Waals surface area contributed by atoms with Gasteiger partial charge in [-0.2, -0.15) is 0 Å². The van der Waals surface area contributed by atoms with Gasteiger partial charge in [0.05, 0.1) is 5.92 Å². The Morgan fingerprint density at radius 1 is 1.33 bits per heavy atom. The standard InChI is InChI=1S/C10H16O2/c1-6-3-4-8-7(2)10(11)12-9(8)5-6/h6-9H,3-5H2,1-2H3/t6-,7?,8+,9-/m1/s1. The van der Waals surface area contributed by atoms with Gasteiger partial charge in [-0.3, -0.25) is 4.79 Å². The van der Waals surface area contributed by atoms with Crippen molar-refractivity contribution in [2.24, 2.45) is 17.8 Å². The topological polar surface area (TPSA) is 26.3 Å². The van der Waals surface area contributed by atoms with Crippen molar-refractivity contribution in [3.05, 3.63) is 0 Å². The number of hydrogen-bond donors (Lipinski definition) is 0. The van der Waals surface area contributed by atoms with Gasteiger partial charge in [0.15, 0.2) is 0 Å². The van der Waals surface area contributed by atoms with Crippen LogP contribution in [0.1, 0.15) is 33.1 Å². The molecule has 1 heterocycles.